The molecule has 0 aromatic carbocycles. The van der Waals surface area contributed by atoms with Crippen molar-refractivity contribution in [1.29, 1.82) is 0 Å². The third kappa shape index (κ3) is 3.40. The first-order valence-electron chi connectivity index (χ1n) is 6.49. The molecule has 1 fully saturated rings. The number of rotatable bonds is 3. The predicted octanol–water partition coefficient (Wildman–Crippen LogP) is 2.28. The molecule has 0 radical (unpaired) electrons. The Hall–Kier alpha value is -1.79. The van der Waals surface area contributed by atoms with Crippen molar-refractivity contribution < 1.29 is 23.1 Å². The summed E-state index contributed by atoms with van der Waals surface area (Å²) in [6.45, 7) is 0.517. The van der Waals surface area contributed by atoms with Gasteiger partial charge in [-0.3, -0.25) is 9.36 Å². The Bertz CT molecular complexity index is 474. The van der Waals surface area contributed by atoms with Gasteiger partial charge in [-0.1, -0.05) is 0 Å². The smallest absolute Gasteiger partial charge is 0.376 e. The minimum atomic E-state index is -3.47. The molecule has 7 heteroatoms. The summed E-state index contributed by atoms with van der Waals surface area (Å²) in [6, 6.07) is 0. The number of esters is 1. The number of carbonyl (C=O) groups is 2. The van der Waals surface area contributed by atoms with Crippen LogP contribution in [-0.2, 0) is 9.53 Å². The molecule has 1 heterocycles. The molecule has 0 aliphatic heterocycles. The van der Waals surface area contributed by atoms with Gasteiger partial charge in [0.15, 0.2) is 0 Å². The number of hydrogen-bond acceptors (Lipinski definition) is 4. The summed E-state index contributed by atoms with van der Waals surface area (Å²) in [5.41, 5.74) is 0. The van der Waals surface area contributed by atoms with Gasteiger partial charge in [0.05, 0.1) is 0 Å². The van der Waals surface area contributed by atoms with Crippen molar-refractivity contribution in [1.82, 2.24) is 9.55 Å². The fraction of sp³-hybridized carbons (Fsp3) is 0.615. The van der Waals surface area contributed by atoms with Crippen LogP contribution in [0.15, 0.2) is 18.7 Å². The van der Waals surface area contributed by atoms with E-state index in [9.17, 15) is 18.4 Å². The lowest BCUT2D eigenvalue weighted by molar-refractivity contribution is -0.176. The first-order valence-corrected chi connectivity index (χ1v) is 6.49. The second-order valence-corrected chi connectivity index (χ2v) is 5.08. The van der Waals surface area contributed by atoms with Crippen LogP contribution in [-0.4, -0.2) is 33.5 Å². The Balaban J connectivity index is 1.84. The van der Waals surface area contributed by atoms with Crippen molar-refractivity contribution >= 4 is 11.9 Å². The number of aromatic nitrogens is 2. The molecule has 5 nitrogen and oxygen atoms in total. The number of carbonyl (C=O) groups excluding carboxylic acids is 2. The average Bonchev–Trinajstić information content (AvgIpc) is 2.91. The van der Waals surface area contributed by atoms with Crippen LogP contribution in [0.3, 0.4) is 0 Å². The van der Waals surface area contributed by atoms with Crippen molar-refractivity contribution in [3.63, 3.8) is 0 Å². The highest BCUT2D eigenvalue weighted by molar-refractivity contribution is 5.81. The standard InChI is InChI=1S/C13H16F2N2O3/c1-13(14,15)12(19)20-10-4-2-9(3-5-10)11(18)17-7-6-16-8-17/h6-10H,2-5H2,1H3. The third-order valence-corrected chi connectivity index (χ3v) is 3.41. The number of imidazole rings is 1. The Morgan fingerprint density at radius 3 is 2.45 bits per heavy atom. The molecule has 0 unspecified atom stereocenters. The van der Waals surface area contributed by atoms with Crippen LogP contribution < -0.4 is 0 Å². The van der Waals surface area contributed by atoms with E-state index < -0.39 is 18.0 Å². The van der Waals surface area contributed by atoms with Crippen LogP contribution in [0.2, 0.25) is 0 Å². The van der Waals surface area contributed by atoms with Gasteiger partial charge in [0.1, 0.15) is 12.4 Å². The number of hydrogen-bond donors (Lipinski definition) is 0. The van der Waals surface area contributed by atoms with Crippen LogP contribution in [0.25, 0.3) is 0 Å². The monoisotopic (exact) mass is 286 g/mol. The summed E-state index contributed by atoms with van der Waals surface area (Å²) in [7, 11) is 0. The second kappa shape index (κ2) is 5.68. The van der Waals surface area contributed by atoms with E-state index in [0.29, 0.717) is 32.6 Å². The summed E-state index contributed by atoms with van der Waals surface area (Å²) >= 11 is 0. The van der Waals surface area contributed by atoms with Crippen molar-refractivity contribution in [2.45, 2.75) is 44.6 Å². The van der Waals surface area contributed by atoms with Gasteiger partial charge in [0, 0.05) is 25.2 Å². The van der Waals surface area contributed by atoms with E-state index in [4.69, 9.17) is 4.74 Å². The normalized spacial score (nSPS) is 23.4. The molecule has 1 aromatic heterocycles. The van der Waals surface area contributed by atoms with E-state index in [2.05, 4.69) is 4.98 Å². The molecule has 2 rings (SSSR count). The number of halogens is 2. The minimum absolute atomic E-state index is 0.0619. The minimum Gasteiger partial charge on any atom is -0.458 e. The number of alkyl halides is 2. The molecular weight excluding hydrogens is 270 g/mol. The fourth-order valence-corrected chi connectivity index (χ4v) is 2.28. The Morgan fingerprint density at radius 1 is 1.30 bits per heavy atom. The topological polar surface area (TPSA) is 61.2 Å². The molecule has 20 heavy (non-hydrogen) atoms. The molecule has 1 aliphatic rings. The summed E-state index contributed by atoms with van der Waals surface area (Å²) < 4.78 is 31.6. The van der Waals surface area contributed by atoms with Crippen molar-refractivity contribution in [2.75, 3.05) is 0 Å². The summed E-state index contributed by atoms with van der Waals surface area (Å²) in [6.07, 6.45) is 5.89. The van der Waals surface area contributed by atoms with Crippen molar-refractivity contribution in [3.05, 3.63) is 18.7 Å². The van der Waals surface area contributed by atoms with E-state index in [1.54, 1.807) is 6.20 Å². The highest BCUT2D eigenvalue weighted by atomic mass is 19.3. The zero-order valence-electron chi connectivity index (χ0n) is 11.1. The molecule has 0 spiro atoms. The summed E-state index contributed by atoms with van der Waals surface area (Å²) in [5, 5.41) is 0. The third-order valence-electron chi connectivity index (χ3n) is 3.41. The van der Waals surface area contributed by atoms with Gasteiger partial charge >= 0.3 is 11.9 Å². The van der Waals surface area contributed by atoms with Gasteiger partial charge in [-0.15, -0.1) is 0 Å². The molecule has 0 amide bonds. The van der Waals surface area contributed by atoms with Crippen LogP contribution in [0.5, 0.6) is 0 Å². The van der Waals surface area contributed by atoms with Crippen molar-refractivity contribution in [2.24, 2.45) is 5.92 Å². The Kier molecular flexibility index (Phi) is 4.15. The van der Waals surface area contributed by atoms with E-state index in [1.807, 2.05) is 0 Å². The van der Waals surface area contributed by atoms with Gasteiger partial charge in [-0.05, 0) is 25.7 Å². The molecule has 0 N–H and O–H groups in total. The van der Waals surface area contributed by atoms with Gasteiger partial charge < -0.3 is 4.74 Å². The zero-order chi connectivity index (χ0) is 14.8. The summed E-state index contributed by atoms with van der Waals surface area (Å²) in [4.78, 5) is 26.9. The fourth-order valence-electron chi connectivity index (χ4n) is 2.28. The highest BCUT2D eigenvalue weighted by Crippen LogP contribution is 2.29. The molecule has 0 bridgehead atoms. The van der Waals surface area contributed by atoms with Crippen molar-refractivity contribution in [3.8, 4) is 0 Å². The van der Waals surface area contributed by atoms with E-state index >= 15 is 0 Å². The van der Waals surface area contributed by atoms with E-state index in [1.165, 1.54) is 17.1 Å². The van der Waals surface area contributed by atoms with Gasteiger partial charge in [0.25, 0.3) is 0 Å². The molecule has 0 saturated heterocycles. The van der Waals surface area contributed by atoms with Gasteiger partial charge in [-0.25, -0.2) is 9.78 Å². The lowest BCUT2D eigenvalue weighted by Gasteiger charge is -2.28. The van der Waals surface area contributed by atoms with Crippen LogP contribution in [0.4, 0.5) is 8.78 Å². The lowest BCUT2D eigenvalue weighted by atomic mass is 9.86. The maximum Gasteiger partial charge on any atom is 0.376 e. The number of ether oxygens (including phenoxy) is 1. The van der Waals surface area contributed by atoms with Crippen LogP contribution in [0, 0.1) is 5.92 Å². The maximum atomic E-state index is 12.7. The molecule has 1 saturated carbocycles. The highest BCUT2D eigenvalue weighted by Gasteiger charge is 2.37. The predicted molar refractivity (Wildman–Crippen MR) is 65.3 cm³/mol. The quantitative estimate of drug-likeness (QED) is 0.800. The lowest BCUT2D eigenvalue weighted by Crippen LogP contribution is -2.34. The van der Waals surface area contributed by atoms with E-state index in [-0.39, 0.29) is 11.8 Å². The molecule has 1 aromatic rings. The Morgan fingerprint density at radius 2 is 1.95 bits per heavy atom. The zero-order valence-corrected chi connectivity index (χ0v) is 11.1. The maximum absolute atomic E-state index is 12.7. The van der Waals surface area contributed by atoms with Crippen LogP contribution >= 0.6 is 0 Å². The van der Waals surface area contributed by atoms with E-state index in [0.717, 1.165) is 0 Å². The Labute approximate surface area is 114 Å². The second-order valence-electron chi connectivity index (χ2n) is 5.08. The summed E-state index contributed by atoms with van der Waals surface area (Å²) in [5.74, 6) is -5.21. The molecule has 0 atom stereocenters. The first kappa shape index (κ1) is 14.6. The molecule has 110 valence electrons. The van der Waals surface area contributed by atoms with Gasteiger partial charge in [0.2, 0.25) is 5.91 Å². The van der Waals surface area contributed by atoms with Gasteiger partial charge in [-0.2, -0.15) is 8.78 Å². The largest absolute Gasteiger partial charge is 0.458 e. The first-order chi connectivity index (χ1) is 9.38. The average molecular weight is 286 g/mol. The molecular formula is C13H16F2N2O3. The SMILES string of the molecule is CC(F)(F)C(=O)OC1CCC(C(=O)n2ccnc2)CC1. The molecule has 1 aliphatic carbocycles. The van der Waals surface area contributed by atoms with Crippen LogP contribution in [0.1, 0.15) is 37.4 Å². The number of nitrogens with zero attached hydrogens (tertiary/aromatic N) is 2.